The molecule has 2 aromatic carbocycles. The SMILES string of the molecule is CCC(O)(CC)CCC(C(=N)c1cccc(NS(C)(=O)=O)c1N)c1ccc(Cl)cc1F. The van der Waals surface area contributed by atoms with Gasteiger partial charge in [0.1, 0.15) is 5.82 Å². The largest absolute Gasteiger partial charge is 0.396 e. The van der Waals surface area contributed by atoms with Gasteiger partial charge in [0.2, 0.25) is 10.0 Å². The summed E-state index contributed by atoms with van der Waals surface area (Å²) >= 11 is 5.90. The Labute approximate surface area is 188 Å². The van der Waals surface area contributed by atoms with E-state index in [2.05, 4.69) is 4.72 Å². The average molecular weight is 470 g/mol. The van der Waals surface area contributed by atoms with E-state index in [9.17, 15) is 17.9 Å². The Morgan fingerprint density at radius 2 is 1.94 bits per heavy atom. The van der Waals surface area contributed by atoms with Crippen LogP contribution in [0.3, 0.4) is 0 Å². The molecule has 0 aliphatic heterocycles. The van der Waals surface area contributed by atoms with Gasteiger partial charge in [-0.25, -0.2) is 12.8 Å². The Hall–Kier alpha value is -2.16. The number of sulfonamides is 1. The molecule has 0 aliphatic rings. The third kappa shape index (κ3) is 6.41. The molecule has 0 aliphatic carbocycles. The van der Waals surface area contributed by atoms with Gasteiger partial charge >= 0.3 is 0 Å². The second kappa shape index (κ2) is 9.97. The molecule has 0 bridgehead atoms. The number of para-hydroxylation sites is 1. The minimum absolute atomic E-state index is 0.0328. The number of rotatable bonds is 10. The van der Waals surface area contributed by atoms with Crippen molar-refractivity contribution in [3.63, 3.8) is 0 Å². The summed E-state index contributed by atoms with van der Waals surface area (Å²) in [5.74, 6) is -1.26. The van der Waals surface area contributed by atoms with Crippen LogP contribution in [0.2, 0.25) is 5.02 Å². The number of anilines is 2. The normalized spacial score (nSPS) is 13.1. The number of halogens is 2. The van der Waals surface area contributed by atoms with Gasteiger partial charge in [0.15, 0.2) is 0 Å². The molecule has 0 spiro atoms. The molecule has 0 fully saturated rings. The van der Waals surface area contributed by atoms with Crippen LogP contribution < -0.4 is 10.5 Å². The van der Waals surface area contributed by atoms with Crippen molar-refractivity contribution in [2.24, 2.45) is 0 Å². The number of aliphatic hydroxyl groups is 1. The molecule has 0 amide bonds. The summed E-state index contributed by atoms with van der Waals surface area (Å²) in [4.78, 5) is 0. The lowest BCUT2D eigenvalue weighted by Crippen LogP contribution is -2.28. The van der Waals surface area contributed by atoms with Crippen molar-refractivity contribution in [1.82, 2.24) is 0 Å². The maximum Gasteiger partial charge on any atom is 0.229 e. The maximum absolute atomic E-state index is 14.8. The van der Waals surface area contributed by atoms with E-state index in [0.29, 0.717) is 31.2 Å². The smallest absolute Gasteiger partial charge is 0.229 e. The molecule has 2 rings (SSSR count). The number of nitrogens with one attached hydrogen (secondary N) is 2. The lowest BCUT2D eigenvalue weighted by molar-refractivity contribution is 0.0212. The average Bonchev–Trinajstić information content (AvgIpc) is 2.69. The fourth-order valence-corrected chi connectivity index (χ4v) is 4.27. The fourth-order valence-electron chi connectivity index (χ4n) is 3.53. The standard InChI is InChI=1S/C22H29ClFN3O3S/c1-4-22(28,5-2)12-11-16(15-10-9-14(23)13-18(15)24)20(25)17-7-6-8-19(21(17)26)27-31(3,29)30/h6-10,13,16,25,27-28H,4-5,11-12,26H2,1-3H3. The highest BCUT2D eigenvalue weighted by atomic mass is 35.5. The number of nitrogen functional groups attached to an aromatic ring is 1. The van der Waals surface area contributed by atoms with Gasteiger partial charge in [-0.2, -0.15) is 0 Å². The van der Waals surface area contributed by atoms with Crippen LogP contribution in [0, 0.1) is 11.2 Å². The van der Waals surface area contributed by atoms with Crippen LogP contribution in [0.4, 0.5) is 15.8 Å². The molecule has 2 aromatic rings. The van der Waals surface area contributed by atoms with Crippen LogP contribution >= 0.6 is 11.6 Å². The van der Waals surface area contributed by atoms with Crippen molar-refractivity contribution in [3.8, 4) is 0 Å². The van der Waals surface area contributed by atoms with Gasteiger partial charge in [-0.3, -0.25) is 4.72 Å². The summed E-state index contributed by atoms with van der Waals surface area (Å²) in [6.07, 6.45) is 2.73. The van der Waals surface area contributed by atoms with Crippen molar-refractivity contribution in [1.29, 1.82) is 5.41 Å². The van der Waals surface area contributed by atoms with E-state index in [1.54, 1.807) is 18.2 Å². The summed E-state index contributed by atoms with van der Waals surface area (Å²) in [5, 5.41) is 19.8. The van der Waals surface area contributed by atoms with E-state index >= 15 is 0 Å². The number of hydrogen-bond acceptors (Lipinski definition) is 5. The predicted octanol–water partition coefficient (Wildman–Crippen LogP) is 4.92. The van der Waals surface area contributed by atoms with Crippen LogP contribution in [0.5, 0.6) is 0 Å². The molecule has 0 saturated carbocycles. The molecule has 9 heteroatoms. The van der Waals surface area contributed by atoms with E-state index in [4.69, 9.17) is 22.7 Å². The molecule has 0 heterocycles. The van der Waals surface area contributed by atoms with E-state index in [1.165, 1.54) is 18.2 Å². The van der Waals surface area contributed by atoms with Gasteiger partial charge in [0.25, 0.3) is 0 Å². The monoisotopic (exact) mass is 469 g/mol. The Bertz CT molecular complexity index is 1060. The van der Waals surface area contributed by atoms with Gasteiger partial charge in [-0.15, -0.1) is 0 Å². The van der Waals surface area contributed by atoms with Gasteiger partial charge in [0, 0.05) is 22.2 Å². The molecular formula is C22H29ClFN3O3S. The maximum atomic E-state index is 14.8. The lowest BCUT2D eigenvalue weighted by atomic mass is 9.81. The van der Waals surface area contributed by atoms with Gasteiger partial charge in [-0.05, 0) is 49.4 Å². The van der Waals surface area contributed by atoms with Crippen LogP contribution in [0.1, 0.15) is 56.6 Å². The zero-order valence-corrected chi connectivity index (χ0v) is 19.4. The minimum atomic E-state index is -3.57. The third-order valence-electron chi connectivity index (χ3n) is 5.59. The molecule has 1 unspecified atom stereocenters. The topological polar surface area (TPSA) is 116 Å². The Morgan fingerprint density at radius 3 is 2.48 bits per heavy atom. The summed E-state index contributed by atoms with van der Waals surface area (Å²) in [6.45, 7) is 3.76. The van der Waals surface area contributed by atoms with Crippen molar-refractivity contribution in [2.45, 2.75) is 51.0 Å². The zero-order valence-electron chi connectivity index (χ0n) is 17.9. The molecule has 0 saturated heterocycles. The molecule has 170 valence electrons. The first kappa shape index (κ1) is 25.1. The van der Waals surface area contributed by atoms with Crippen LogP contribution in [-0.2, 0) is 10.0 Å². The fraction of sp³-hybridized carbons (Fsp3) is 0.409. The second-order valence-corrected chi connectivity index (χ2v) is 9.93. The molecule has 0 radical (unpaired) electrons. The lowest BCUT2D eigenvalue weighted by Gasteiger charge is -2.29. The predicted molar refractivity (Wildman–Crippen MR) is 125 cm³/mol. The summed E-state index contributed by atoms with van der Waals surface area (Å²) in [5.41, 5.74) is 6.08. The molecule has 31 heavy (non-hydrogen) atoms. The van der Waals surface area contributed by atoms with Crippen LogP contribution in [0.25, 0.3) is 0 Å². The Morgan fingerprint density at radius 1 is 1.29 bits per heavy atom. The molecule has 1 atom stereocenters. The van der Waals surface area contributed by atoms with Gasteiger partial charge in [0.05, 0.1) is 23.2 Å². The summed E-state index contributed by atoms with van der Waals surface area (Å²) in [6, 6.07) is 8.95. The van der Waals surface area contributed by atoms with E-state index < -0.39 is 27.4 Å². The second-order valence-electron chi connectivity index (χ2n) is 7.74. The first-order valence-electron chi connectivity index (χ1n) is 10.0. The number of benzene rings is 2. The molecule has 0 aromatic heterocycles. The third-order valence-corrected chi connectivity index (χ3v) is 6.42. The van der Waals surface area contributed by atoms with Crippen LogP contribution in [-0.4, -0.2) is 31.1 Å². The molecule has 6 nitrogen and oxygen atoms in total. The Balaban J connectivity index is 2.51. The van der Waals surface area contributed by atoms with Crippen LogP contribution in [0.15, 0.2) is 36.4 Å². The van der Waals surface area contributed by atoms with Crippen molar-refractivity contribution < 1.29 is 17.9 Å². The first-order chi connectivity index (χ1) is 14.4. The van der Waals surface area contributed by atoms with Crippen molar-refractivity contribution in [2.75, 3.05) is 16.7 Å². The minimum Gasteiger partial charge on any atom is -0.396 e. The first-order valence-corrected chi connectivity index (χ1v) is 12.3. The Kier molecular flexibility index (Phi) is 8.08. The summed E-state index contributed by atoms with van der Waals surface area (Å²) in [7, 11) is -3.57. The highest BCUT2D eigenvalue weighted by Crippen LogP contribution is 2.35. The van der Waals surface area contributed by atoms with Crippen molar-refractivity contribution >= 4 is 38.7 Å². The highest BCUT2D eigenvalue weighted by molar-refractivity contribution is 7.92. The summed E-state index contributed by atoms with van der Waals surface area (Å²) < 4.78 is 40.4. The molecular weight excluding hydrogens is 441 g/mol. The quantitative estimate of drug-likeness (QED) is 0.292. The van der Waals surface area contributed by atoms with Crippen molar-refractivity contribution in [3.05, 3.63) is 58.4 Å². The van der Waals surface area contributed by atoms with E-state index in [0.717, 1.165) is 6.26 Å². The number of nitrogens with two attached hydrogens (primary N) is 1. The van der Waals surface area contributed by atoms with E-state index in [-0.39, 0.29) is 27.7 Å². The van der Waals surface area contributed by atoms with Gasteiger partial charge < -0.3 is 16.2 Å². The molecule has 5 N–H and O–H groups in total. The zero-order chi connectivity index (χ0) is 23.4. The number of hydrogen-bond donors (Lipinski definition) is 4. The van der Waals surface area contributed by atoms with Gasteiger partial charge in [-0.1, -0.05) is 43.6 Å². The highest BCUT2D eigenvalue weighted by Gasteiger charge is 2.29. The van der Waals surface area contributed by atoms with E-state index in [1.807, 2.05) is 13.8 Å².